The molecular weight excluding hydrogens is 375 g/mol. The van der Waals surface area contributed by atoms with Gasteiger partial charge in [-0.15, -0.1) is 24.8 Å². The number of piperazine rings is 1. The number of nitrogens with one attached hydrogen (secondary N) is 1. The predicted octanol–water partition coefficient (Wildman–Crippen LogP) is 3.99. The van der Waals surface area contributed by atoms with Gasteiger partial charge in [0.25, 0.3) is 0 Å². The third-order valence-electron chi connectivity index (χ3n) is 3.65. The average Bonchev–Trinajstić information content (AvgIpc) is 2.35. The van der Waals surface area contributed by atoms with E-state index < -0.39 is 0 Å². The Morgan fingerprint density at radius 3 is 2.29 bits per heavy atom. The van der Waals surface area contributed by atoms with Crippen molar-refractivity contribution < 1.29 is 5.11 Å². The van der Waals surface area contributed by atoms with E-state index in [2.05, 4.69) is 46.9 Å². The topological polar surface area (TPSA) is 35.5 Å². The summed E-state index contributed by atoms with van der Waals surface area (Å²) in [5, 5.41) is 13.8. The van der Waals surface area contributed by atoms with E-state index in [9.17, 15) is 5.11 Å². The van der Waals surface area contributed by atoms with Gasteiger partial charge >= 0.3 is 0 Å². The van der Waals surface area contributed by atoms with E-state index in [1.807, 2.05) is 18.2 Å². The summed E-state index contributed by atoms with van der Waals surface area (Å²) in [6, 6.07) is 6.15. The Bertz CT molecular complexity index is 446. The molecule has 0 radical (unpaired) electrons. The molecule has 122 valence electrons. The number of phenols is 1. The quantitative estimate of drug-likeness (QED) is 0.788. The largest absolute Gasteiger partial charge is 0.506 e. The van der Waals surface area contributed by atoms with Crippen molar-refractivity contribution in [2.45, 2.75) is 26.8 Å². The van der Waals surface area contributed by atoms with Crippen molar-refractivity contribution >= 4 is 40.7 Å². The van der Waals surface area contributed by atoms with Crippen LogP contribution < -0.4 is 5.32 Å². The Morgan fingerprint density at radius 2 is 1.76 bits per heavy atom. The van der Waals surface area contributed by atoms with Crippen LogP contribution in [0.2, 0.25) is 0 Å². The Hall–Kier alpha value is -0.000000000000000111. The van der Waals surface area contributed by atoms with Crippen LogP contribution in [-0.2, 0) is 0 Å². The highest BCUT2D eigenvalue weighted by atomic mass is 79.9. The molecule has 1 aromatic carbocycles. The van der Waals surface area contributed by atoms with Crippen molar-refractivity contribution in [3.63, 3.8) is 0 Å². The number of benzene rings is 1. The predicted molar refractivity (Wildman–Crippen MR) is 96.9 cm³/mol. The summed E-state index contributed by atoms with van der Waals surface area (Å²) >= 11 is 3.42. The number of rotatable bonds is 2. The summed E-state index contributed by atoms with van der Waals surface area (Å²) in [7, 11) is 0. The molecule has 21 heavy (non-hydrogen) atoms. The maximum absolute atomic E-state index is 10.4. The molecule has 3 nitrogen and oxygen atoms in total. The highest BCUT2D eigenvalue weighted by molar-refractivity contribution is 9.10. The van der Waals surface area contributed by atoms with Crippen LogP contribution in [-0.4, -0.2) is 36.2 Å². The van der Waals surface area contributed by atoms with Crippen LogP contribution >= 0.6 is 40.7 Å². The van der Waals surface area contributed by atoms with E-state index >= 15 is 0 Å². The summed E-state index contributed by atoms with van der Waals surface area (Å²) in [5.74, 6) is 0.376. The van der Waals surface area contributed by atoms with Crippen LogP contribution in [0.4, 0.5) is 0 Å². The fourth-order valence-electron chi connectivity index (χ4n) is 2.90. The van der Waals surface area contributed by atoms with E-state index in [0.717, 1.165) is 36.2 Å². The zero-order valence-electron chi connectivity index (χ0n) is 12.7. The molecule has 1 heterocycles. The molecule has 1 fully saturated rings. The summed E-state index contributed by atoms with van der Waals surface area (Å²) in [5.41, 5.74) is 1.10. The van der Waals surface area contributed by atoms with Crippen LogP contribution in [0.5, 0.6) is 5.75 Å². The number of nitrogens with zero attached hydrogens (tertiary/aromatic N) is 1. The first-order valence-corrected chi connectivity index (χ1v) is 7.62. The van der Waals surface area contributed by atoms with E-state index in [0.29, 0.717) is 5.75 Å². The minimum Gasteiger partial charge on any atom is -0.506 e. The molecule has 1 aliphatic heterocycles. The maximum atomic E-state index is 10.4. The van der Waals surface area contributed by atoms with E-state index in [4.69, 9.17) is 0 Å². The lowest BCUT2D eigenvalue weighted by Gasteiger charge is -2.42. The van der Waals surface area contributed by atoms with Crippen LogP contribution in [0.25, 0.3) is 0 Å². The zero-order valence-corrected chi connectivity index (χ0v) is 15.9. The number of hydrogen-bond acceptors (Lipinski definition) is 3. The number of aromatic hydroxyl groups is 1. The molecular formula is C15H25BrCl2N2O. The van der Waals surface area contributed by atoms with Gasteiger partial charge in [0, 0.05) is 37.8 Å². The van der Waals surface area contributed by atoms with Gasteiger partial charge < -0.3 is 10.4 Å². The lowest BCUT2D eigenvalue weighted by Crippen LogP contribution is -2.48. The van der Waals surface area contributed by atoms with Crippen LogP contribution in [0.1, 0.15) is 32.4 Å². The van der Waals surface area contributed by atoms with Crippen LogP contribution in [0, 0.1) is 5.41 Å². The number of phenolic OH excluding ortho intramolecular Hbond substituents is 1. The Balaban J connectivity index is 0.00000200. The van der Waals surface area contributed by atoms with Gasteiger partial charge in [-0.1, -0.05) is 32.9 Å². The molecule has 0 saturated carbocycles. The summed E-state index contributed by atoms with van der Waals surface area (Å²) < 4.78 is 0.773. The highest BCUT2D eigenvalue weighted by Gasteiger charge is 2.34. The first kappa shape index (κ1) is 21.0. The van der Waals surface area contributed by atoms with Crippen molar-refractivity contribution in [2.75, 3.05) is 26.2 Å². The first-order chi connectivity index (χ1) is 8.91. The minimum atomic E-state index is 0. The van der Waals surface area contributed by atoms with Crippen molar-refractivity contribution in [1.82, 2.24) is 10.2 Å². The Labute approximate surface area is 148 Å². The molecule has 2 N–H and O–H groups in total. The van der Waals surface area contributed by atoms with E-state index in [1.54, 1.807) is 0 Å². The smallest absolute Gasteiger partial charge is 0.134 e. The Morgan fingerprint density at radius 1 is 1.19 bits per heavy atom. The monoisotopic (exact) mass is 398 g/mol. The molecule has 0 bridgehead atoms. The normalized spacial score (nSPS) is 17.5. The van der Waals surface area contributed by atoms with Gasteiger partial charge in [-0.2, -0.15) is 0 Å². The summed E-state index contributed by atoms with van der Waals surface area (Å²) in [6.07, 6.45) is 0. The highest BCUT2D eigenvalue weighted by Crippen LogP contribution is 2.43. The first-order valence-electron chi connectivity index (χ1n) is 6.83. The fraction of sp³-hybridized carbons (Fsp3) is 0.600. The van der Waals surface area contributed by atoms with Gasteiger partial charge in [-0.3, -0.25) is 4.90 Å². The van der Waals surface area contributed by atoms with Gasteiger partial charge in [0.15, 0.2) is 0 Å². The van der Waals surface area contributed by atoms with Gasteiger partial charge in [-0.25, -0.2) is 0 Å². The molecule has 0 unspecified atom stereocenters. The molecule has 0 aliphatic carbocycles. The number of halogens is 3. The van der Waals surface area contributed by atoms with Gasteiger partial charge in [0.2, 0.25) is 0 Å². The number of para-hydroxylation sites is 1. The molecule has 0 amide bonds. The van der Waals surface area contributed by atoms with Gasteiger partial charge in [0.1, 0.15) is 5.75 Å². The van der Waals surface area contributed by atoms with Crippen LogP contribution in [0.3, 0.4) is 0 Å². The Kier molecular flexibility index (Phi) is 8.59. The molecule has 1 atom stereocenters. The standard InChI is InChI=1S/C15H23BrN2O.2ClH/c1-15(2,3)14(18-9-7-17-8-10-18)11-5-4-6-12(16)13(11)19;;/h4-6,14,17,19H,7-10H2,1-3H3;2*1H/t14-;;/m0../s1. The van der Waals surface area contributed by atoms with E-state index in [-0.39, 0.29) is 36.3 Å². The zero-order chi connectivity index (χ0) is 14.0. The average molecular weight is 400 g/mol. The van der Waals surface area contributed by atoms with Crippen molar-refractivity contribution in [2.24, 2.45) is 5.41 Å². The molecule has 6 heteroatoms. The van der Waals surface area contributed by atoms with Crippen molar-refractivity contribution in [3.8, 4) is 5.75 Å². The molecule has 2 rings (SSSR count). The number of hydrogen-bond donors (Lipinski definition) is 2. The minimum absolute atomic E-state index is 0. The summed E-state index contributed by atoms with van der Waals surface area (Å²) in [4.78, 5) is 2.47. The lowest BCUT2D eigenvalue weighted by molar-refractivity contribution is 0.0842. The molecule has 1 aromatic rings. The second-order valence-corrected chi connectivity index (χ2v) is 7.09. The lowest BCUT2D eigenvalue weighted by atomic mass is 9.80. The van der Waals surface area contributed by atoms with E-state index in [1.165, 1.54) is 0 Å². The van der Waals surface area contributed by atoms with Crippen molar-refractivity contribution in [1.29, 1.82) is 0 Å². The summed E-state index contributed by atoms with van der Waals surface area (Å²) in [6.45, 7) is 10.8. The molecule has 1 saturated heterocycles. The second kappa shape index (κ2) is 8.59. The third kappa shape index (κ3) is 5.00. The fourth-order valence-corrected chi connectivity index (χ4v) is 3.29. The van der Waals surface area contributed by atoms with Gasteiger partial charge in [-0.05, 0) is 27.4 Å². The van der Waals surface area contributed by atoms with Crippen LogP contribution in [0.15, 0.2) is 22.7 Å². The van der Waals surface area contributed by atoms with Gasteiger partial charge in [0.05, 0.1) is 4.47 Å². The molecule has 1 aliphatic rings. The maximum Gasteiger partial charge on any atom is 0.134 e. The third-order valence-corrected chi connectivity index (χ3v) is 4.29. The molecule has 0 aromatic heterocycles. The SMILES string of the molecule is CC(C)(C)[C@H](c1cccc(Br)c1O)N1CCNCC1.Cl.Cl. The molecule has 0 spiro atoms. The second-order valence-electron chi connectivity index (χ2n) is 6.23. The van der Waals surface area contributed by atoms with Crippen molar-refractivity contribution in [3.05, 3.63) is 28.2 Å².